The zero-order valence-corrected chi connectivity index (χ0v) is 11.6. The highest BCUT2D eigenvalue weighted by atomic mass is 16.5. The summed E-state index contributed by atoms with van der Waals surface area (Å²) in [5.74, 6) is 0. The van der Waals surface area contributed by atoms with Crippen molar-refractivity contribution in [2.45, 2.75) is 31.9 Å². The fraction of sp³-hybridized carbons (Fsp3) is 0.733. The van der Waals surface area contributed by atoms with E-state index < -0.39 is 0 Å². The van der Waals surface area contributed by atoms with Crippen molar-refractivity contribution in [1.29, 1.82) is 0 Å². The minimum Gasteiger partial charge on any atom is -0.472 e. The van der Waals surface area contributed by atoms with Crippen molar-refractivity contribution in [1.82, 2.24) is 4.90 Å². The van der Waals surface area contributed by atoms with Crippen LogP contribution in [0, 0.1) is 5.41 Å². The van der Waals surface area contributed by atoms with Gasteiger partial charge >= 0.3 is 0 Å². The van der Waals surface area contributed by atoms with Crippen LogP contribution in [0.5, 0.6) is 0 Å². The first-order chi connectivity index (χ1) is 9.32. The minimum atomic E-state index is 0.189. The van der Waals surface area contributed by atoms with Gasteiger partial charge in [-0.25, -0.2) is 0 Å². The number of fused-ring (bicyclic) bond motifs is 1. The molecule has 0 aromatic carbocycles. The van der Waals surface area contributed by atoms with Crippen LogP contribution < -0.4 is 0 Å². The van der Waals surface area contributed by atoms with Crippen LogP contribution in [0.25, 0.3) is 0 Å². The van der Waals surface area contributed by atoms with Gasteiger partial charge in [0.2, 0.25) is 0 Å². The molecule has 106 valence electrons. The van der Waals surface area contributed by atoms with E-state index in [-0.39, 0.29) is 5.41 Å². The highest BCUT2D eigenvalue weighted by molar-refractivity contribution is 5.06. The highest BCUT2D eigenvalue weighted by Gasteiger charge is 2.45. The van der Waals surface area contributed by atoms with Crippen molar-refractivity contribution in [3.05, 3.63) is 24.2 Å². The van der Waals surface area contributed by atoms with Crippen LogP contribution >= 0.6 is 0 Å². The lowest BCUT2D eigenvalue weighted by atomic mass is 9.73. The molecule has 0 spiro atoms. The lowest BCUT2D eigenvalue weighted by molar-refractivity contribution is -0.149. The van der Waals surface area contributed by atoms with E-state index in [9.17, 15) is 0 Å². The quantitative estimate of drug-likeness (QED) is 0.836. The number of hydrogen-bond acceptors (Lipinski definition) is 4. The molecule has 2 saturated heterocycles. The predicted octanol–water partition coefficient (Wildman–Crippen LogP) is 2.30. The maximum atomic E-state index is 6.00. The number of likely N-dealkylation sites (tertiary alicyclic amines) is 1. The minimum absolute atomic E-state index is 0.189. The Kier molecular flexibility index (Phi) is 3.91. The Morgan fingerprint density at radius 3 is 3.26 bits per heavy atom. The normalized spacial score (nSPS) is 32.2. The van der Waals surface area contributed by atoms with E-state index in [0.717, 1.165) is 45.7 Å². The molecule has 19 heavy (non-hydrogen) atoms. The summed E-state index contributed by atoms with van der Waals surface area (Å²) in [5, 5.41) is 0. The molecular weight excluding hydrogens is 242 g/mol. The lowest BCUT2D eigenvalue weighted by Crippen LogP contribution is -2.56. The lowest BCUT2D eigenvalue weighted by Gasteiger charge is -2.50. The second-order valence-corrected chi connectivity index (χ2v) is 5.89. The summed E-state index contributed by atoms with van der Waals surface area (Å²) in [5.41, 5.74) is 1.44. The number of nitrogens with zero attached hydrogens (tertiary/aromatic N) is 1. The van der Waals surface area contributed by atoms with Crippen molar-refractivity contribution in [3.63, 3.8) is 0 Å². The van der Waals surface area contributed by atoms with Crippen molar-refractivity contribution in [3.8, 4) is 0 Å². The molecule has 2 aliphatic heterocycles. The van der Waals surface area contributed by atoms with Crippen LogP contribution in [0.1, 0.15) is 24.8 Å². The molecule has 1 aromatic rings. The van der Waals surface area contributed by atoms with E-state index in [4.69, 9.17) is 13.9 Å². The number of furan rings is 1. The Labute approximate surface area is 114 Å². The summed E-state index contributed by atoms with van der Waals surface area (Å²) in [4.78, 5) is 2.51. The van der Waals surface area contributed by atoms with Gasteiger partial charge in [0.25, 0.3) is 0 Å². The molecule has 3 rings (SSSR count). The summed E-state index contributed by atoms with van der Waals surface area (Å²) in [6.07, 6.45) is 7.44. The van der Waals surface area contributed by atoms with Gasteiger partial charge in [-0.15, -0.1) is 0 Å². The standard InChI is InChI=1S/C15H23NO3/c1-17-12-15-5-2-7-19-14(15)3-6-16(11-15)9-13-4-8-18-10-13/h4,8,10,14H,2-3,5-7,9,11-12H2,1H3/t14-,15+/m0/s1. The predicted molar refractivity (Wildman–Crippen MR) is 71.9 cm³/mol. The molecule has 4 nitrogen and oxygen atoms in total. The van der Waals surface area contributed by atoms with Gasteiger partial charge in [-0.3, -0.25) is 4.90 Å². The molecule has 0 unspecified atom stereocenters. The highest BCUT2D eigenvalue weighted by Crippen LogP contribution is 2.40. The number of piperidine rings is 1. The van der Waals surface area contributed by atoms with Gasteiger partial charge in [-0.2, -0.15) is 0 Å². The van der Waals surface area contributed by atoms with Crippen LogP contribution in [0.15, 0.2) is 23.0 Å². The smallest absolute Gasteiger partial charge is 0.0947 e. The van der Waals surface area contributed by atoms with Crippen LogP contribution in [-0.2, 0) is 16.0 Å². The Hall–Kier alpha value is -0.840. The third-order valence-corrected chi connectivity index (χ3v) is 4.49. The van der Waals surface area contributed by atoms with E-state index in [0.29, 0.717) is 6.10 Å². The summed E-state index contributed by atoms with van der Waals surface area (Å²) in [6, 6.07) is 2.05. The van der Waals surface area contributed by atoms with Crippen LogP contribution in [-0.4, -0.2) is 44.4 Å². The first-order valence-electron chi connectivity index (χ1n) is 7.16. The maximum Gasteiger partial charge on any atom is 0.0947 e. The van der Waals surface area contributed by atoms with Crippen LogP contribution in [0.4, 0.5) is 0 Å². The van der Waals surface area contributed by atoms with Gasteiger partial charge in [0, 0.05) is 44.3 Å². The van der Waals surface area contributed by atoms with E-state index in [2.05, 4.69) is 4.90 Å². The Morgan fingerprint density at radius 2 is 2.47 bits per heavy atom. The average Bonchev–Trinajstić information content (AvgIpc) is 2.91. The summed E-state index contributed by atoms with van der Waals surface area (Å²) < 4.78 is 16.7. The van der Waals surface area contributed by atoms with E-state index in [1.165, 1.54) is 12.0 Å². The zero-order valence-electron chi connectivity index (χ0n) is 11.6. The van der Waals surface area contributed by atoms with Crippen molar-refractivity contribution >= 4 is 0 Å². The number of rotatable bonds is 4. The molecule has 2 atom stereocenters. The molecule has 0 N–H and O–H groups in total. The summed E-state index contributed by atoms with van der Waals surface area (Å²) in [6.45, 7) is 4.85. The molecule has 4 heteroatoms. The summed E-state index contributed by atoms with van der Waals surface area (Å²) >= 11 is 0. The molecule has 1 aromatic heterocycles. The first-order valence-corrected chi connectivity index (χ1v) is 7.16. The Morgan fingerprint density at radius 1 is 1.53 bits per heavy atom. The molecule has 0 amide bonds. The van der Waals surface area contributed by atoms with Gasteiger partial charge in [0.05, 0.1) is 25.2 Å². The van der Waals surface area contributed by atoms with Crippen LogP contribution in [0.2, 0.25) is 0 Å². The number of methoxy groups -OCH3 is 1. The third-order valence-electron chi connectivity index (χ3n) is 4.49. The zero-order chi connectivity index (χ0) is 13.1. The molecule has 0 saturated carbocycles. The molecular formula is C15H23NO3. The van der Waals surface area contributed by atoms with Gasteiger partial charge in [-0.1, -0.05) is 0 Å². The Balaban J connectivity index is 1.69. The topological polar surface area (TPSA) is 34.8 Å². The van der Waals surface area contributed by atoms with Gasteiger partial charge < -0.3 is 13.9 Å². The van der Waals surface area contributed by atoms with Gasteiger partial charge in [0.15, 0.2) is 0 Å². The number of ether oxygens (including phenoxy) is 2. The van der Waals surface area contributed by atoms with Crippen molar-refractivity contribution < 1.29 is 13.9 Å². The molecule has 2 aliphatic rings. The van der Waals surface area contributed by atoms with E-state index >= 15 is 0 Å². The summed E-state index contributed by atoms with van der Waals surface area (Å²) in [7, 11) is 1.80. The van der Waals surface area contributed by atoms with E-state index in [1.54, 1.807) is 13.4 Å². The fourth-order valence-corrected chi connectivity index (χ4v) is 3.66. The monoisotopic (exact) mass is 265 g/mol. The van der Waals surface area contributed by atoms with Gasteiger partial charge in [0.1, 0.15) is 0 Å². The molecule has 0 radical (unpaired) electrons. The van der Waals surface area contributed by atoms with E-state index in [1.807, 2.05) is 12.3 Å². The maximum absolute atomic E-state index is 6.00. The SMILES string of the molecule is COC[C@]12CCCO[C@H]1CCN(Cc1ccoc1)C2. The first kappa shape index (κ1) is 13.2. The fourth-order valence-electron chi connectivity index (χ4n) is 3.66. The second kappa shape index (κ2) is 5.65. The van der Waals surface area contributed by atoms with Gasteiger partial charge in [-0.05, 0) is 25.3 Å². The third kappa shape index (κ3) is 2.71. The largest absolute Gasteiger partial charge is 0.472 e. The van der Waals surface area contributed by atoms with Crippen molar-refractivity contribution in [2.75, 3.05) is 33.4 Å². The molecule has 0 bridgehead atoms. The second-order valence-electron chi connectivity index (χ2n) is 5.89. The number of hydrogen-bond donors (Lipinski definition) is 0. The Bertz CT molecular complexity index is 388. The van der Waals surface area contributed by atoms with Crippen LogP contribution in [0.3, 0.4) is 0 Å². The average molecular weight is 265 g/mol. The van der Waals surface area contributed by atoms with Crippen molar-refractivity contribution in [2.24, 2.45) is 5.41 Å². The molecule has 0 aliphatic carbocycles. The molecule has 2 fully saturated rings. The molecule has 3 heterocycles.